The number of aryl methyl sites for hydroxylation is 1. The molecule has 2 heterocycles. The van der Waals surface area contributed by atoms with Crippen LogP contribution in [0.3, 0.4) is 0 Å². The van der Waals surface area contributed by atoms with Gasteiger partial charge in [-0.2, -0.15) is 0 Å². The molecule has 114 valence electrons. The standard InChI is InChI=1S/C13H22N2O3S2/c1-10-7-13(19-12(10)9-14-2)20(16,17)15-8-11-3-5-18-6-4-11/h7,11,14-15H,3-6,8-9H2,1-2H3. The van der Waals surface area contributed by atoms with Crippen LogP contribution in [0.5, 0.6) is 0 Å². The van der Waals surface area contributed by atoms with E-state index in [0.29, 0.717) is 23.2 Å². The lowest BCUT2D eigenvalue weighted by atomic mass is 10.0. The van der Waals surface area contributed by atoms with Gasteiger partial charge in [-0.25, -0.2) is 13.1 Å². The second-order valence-electron chi connectivity index (χ2n) is 5.11. The molecule has 1 aromatic heterocycles. The second kappa shape index (κ2) is 7.00. The van der Waals surface area contributed by atoms with E-state index in [1.165, 1.54) is 11.3 Å². The highest BCUT2D eigenvalue weighted by Gasteiger charge is 2.21. The van der Waals surface area contributed by atoms with Crippen LogP contribution < -0.4 is 10.0 Å². The quantitative estimate of drug-likeness (QED) is 0.834. The Bertz CT molecular complexity index is 534. The lowest BCUT2D eigenvalue weighted by molar-refractivity contribution is 0.0678. The third-order valence-electron chi connectivity index (χ3n) is 3.50. The summed E-state index contributed by atoms with van der Waals surface area (Å²) in [5.74, 6) is 0.386. The van der Waals surface area contributed by atoms with Gasteiger partial charge >= 0.3 is 0 Å². The smallest absolute Gasteiger partial charge is 0.250 e. The number of hydrogen-bond donors (Lipinski definition) is 2. The van der Waals surface area contributed by atoms with Crippen LogP contribution in [-0.2, 0) is 21.3 Å². The van der Waals surface area contributed by atoms with E-state index in [0.717, 1.165) is 36.5 Å². The minimum Gasteiger partial charge on any atom is -0.381 e. The van der Waals surface area contributed by atoms with Gasteiger partial charge in [0.05, 0.1) is 0 Å². The summed E-state index contributed by atoms with van der Waals surface area (Å²) in [6.07, 6.45) is 1.86. The summed E-state index contributed by atoms with van der Waals surface area (Å²) in [4.78, 5) is 1.07. The molecule has 0 atom stereocenters. The third-order valence-corrected chi connectivity index (χ3v) is 6.64. The highest BCUT2D eigenvalue weighted by molar-refractivity contribution is 7.91. The predicted octanol–water partition coefficient (Wildman–Crippen LogP) is 1.48. The van der Waals surface area contributed by atoms with Crippen molar-refractivity contribution in [1.29, 1.82) is 0 Å². The first-order chi connectivity index (χ1) is 9.53. The van der Waals surface area contributed by atoms with Crippen LogP contribution in [0.1, 0.15) is 23.3 Å². The first-order valence-corrected chi connectivity index (χ1v) is 9.14. The highest BCUT2D eigenvalue weighted by atomic mass is 32.2. The zero-order valence-electron chi connectivity index (χ0n) is 11.9. The molecule has 1 fully saturated rings. The Labute approximate surface area is 124 Å². The molecule has 2 N–H and O–H groups in total. The Morgan fingerprint density at radius 3 is 2.75 bits per heavy atom. The second-order valence-corrected chi connectivity index (χ2v) is 8.24. The normalized spacial score (nSPS) is 17.5. The van der Waals surface area contributed by atoms with Crippen molar-refractivity contribution in [2.75, 3.05) is 26.8 Å². The van der Waals surface area contributed by atoms with Crippen molar-refractivity contribution >= 4 is 21.4 Å². The molecule has 0 bridgehead atoms. The lowest BCUT2D eigenvalue weighted by Crippen LogP contribution is -2.31. The first-order valence-electron chi connectivity index (χ1n) is 6.84. The summed E-state index contributed by atoms with van der Waals surface area (Å²) < 4.78 is 33.0. The van der Waals surface area contributed by atoms with Crippen molar-refractivity contribution < 1.29 is 13.2 Å². The van der Waals surface area contributed by atoms with E-state index in [1.807, 2.05) is 14.0 Å². The van der Waals surface area contributed by atoms with Crippen LogP contribution in [0.15, 0.2) is 10.3 Å². The minimum atomic E-state index is -3.38. The van der Waals surface area contributed by atoms with Gasteiger partial charge in [0, 0.05) is 31.2 Å². The molecule has 1 aromatic rings. The SMILES string of the molecule is CNCc1sc(S(=O)(=O)NCC2CCOCC2)cc1C. The molecule has 1 aliphatic heterocycles. The molecule has 20 heavy (non-hydrogen) atoms. The lowest BCUT2D eigenvalue weighted by Gasteiger charge is -2.21. The number of rotatable bonds is 6. The summed E-state index contributed by atoms with van der Waals surface area (Å²) in [5.41, 5.74) is 1.02. The molecule has 0 radical (unpaired) electrons. The maximum atomic E-state index is 12.3. The molecule has 0 spiro atoms. The van der Waals surface area contributed by atoms with E-state index in [9.17, 15) is 8.42 Å². The summed E-state index contributed by atoms with van der Waals surface area (Å²) in [6.45, 7) is 4.62. The number of ether oxygens (including phenoxy) is 1. The largest absolute Gasteiger partial charge is 0.381 e. The van der Waals surface area contributed by atoms with Crippen LogP contribution >= 0.6 is 11.3 Å². The van der Waals surface area contributed by atoms with Crippen LogP contribution in [0.2, 0.25) is 0 Å². The number of thiophene rings is 1. The van der Waals surface area contributed by atoms with Gasteiger partial charge in [-0.1, -0.05) is 0 Å². The summed E-state index contributed by atoms with van der Waals surface area (Å²) in [7, 11) is -1.52. The van der Waals surface area contributed by atoms with Crippen molar-refractivity contribution in [3.63, 3.8) is 0 Å². The van der Waals surface area contributed by atoms with E-state index < -0.39 is 10.0 Å². The fraction of sp³-hybridized carbons (Fsp3) is 0.692. The van der Waals surface area contributed by atoms with Crippen LogP contribution in [0.25, 0.3) is 0 Å². The fourth-order valence-corrected chi connectivity index (χ4v) is 4.97. The number of nitrogens with one attached hydrogen (secondary N) is 2. The molecule has 2 rings (SSSR count). The van der Waals surface area contributed by atoms with Gasteiger partial charge in [0.2, 0.25) is 10.0 Å². The Balaban J connectivity index is 2.00. The molecule has 5 nitrogen and oxygen atoms in total. The van der Waals surface area contributed by atoms with Crippen molar-refractivity contribution in [3.8, 4) is 0 Å². The van der Waals surface area contributed by atoms with Gasteiger partial charge in [0.15, 0.2) is 0 Å². The van der Waals surface area contributed by atoms with Crippen molar-refractivity contribution in [1.82, 2.24) is 10.0 Å². The van der Waals surface area contributed by atoms with Crippen molar-refractivity contribution in [2.45, 2.75) is 30.5 Å². The number of hydrogen-bond acceptors (Lipinski definition) is 5. The van der Waals surface area contributed by atoms with E-state index >= 15 is 0 Å². The maximum Gasteiger partial charge on any atom is 0.250 e. The Morgan fingerprint density at radius 1 is 1.40 bits per heavy atom. The topological polar surface area (TPSA) is 67.4 Å². The third kappa shape index (κ3) is 4.02. The summed E-state index contributed by atoms with van der Waals surface area (Å²) >= 11 is 1.34. The van der Waals surface area contributed by atoms with Crippen LogP contribution in [0, 0.1) is 12.8 Å². The van der Waals surface area contributed by atoms with E-state index in [-0.39, 0.29) is 0 Å². The van der Waals surface area contributed by atoms with Gasteiger partial charge in [-0.3, -0.25) is 0 Å². The van der Waals surface area contributed by atoms with Crippen molar-refractivity contribution in [3.05, 3.63) is 16.5 Å². The monoisotopic (exact) mass is 318 g/mol. The Kier molecular flexibility index (Phi) is 5.57. The highest BCUT2D eigenvalue weighted by Crippen LogP contribution is 2.26. The molecule has 0 saturated carbocycles. The molecular formula is C13H22N2O3S2. The average Bonchev–Trinajstić information content (AvgIpc) is 2.81. The van der Waals surface area contributed by atoms with Gasteiger partial charge in [0.1, 0.15) is 4.21 Å². The van der Waals surface area contributed by atoms with Gasteiger partial charge in [0.25, 0.3) is 0 Å². The average molecular weight is 318 g/mol. The van der Waals surface area contributed by atoms with E-state index in [2.05, 4.69) is 10.0 Å². The van der Waals surface area contributed by atoms with Gasteiger partial charge < -0.3 is 10.1 Å². The minimum absolute atomic E-state index is 0.386. The van der Waals surface area contributed by atoms with Gasteiger partial charge in [-0.05, 0) is 44.4 Å². The molecule has 1 saturated heterocycles. The van der Waals surface area contributed by atoms with Crippen LogP contribution in [0.4, 0.5) is 0 Å². The molecule has 0 aliphatic carbocycles. The molecule has 0 amide bonds. The van der Waals surface area contributed by atoms with E-state index in [4.69, 9.17) is 4.74 Å². The predicted molar refractivity (Wildman–Crippen MR) is 80.6 cm³/mol. The Morgan fingerprint density at radius 2 is 2.10 bits per heavy atom. The molecule has 7 heteroatoms. The molecule has 1 aliphatic rings. The Hall–Kier alpha value is -0.470. The molecule has 0 aromatic carbocycles. The zero-order valence-corrected chi connectivity index (χ0v) is 13.6. The van der Waals surface area contributed by atoms with E-state index in [1.54, 1.807) is 6.07 Å². The first kappa shape index (κ1) is 15.9. The van der Waals surface area contributed by atoms with Gasteiger partial charge in [-0.15, -0.1) is 11.3 Å². The zero-order chi connectivity index (χ0) is 14.6. The molecular weight excluding hydrogens is 296 g/mol. The van der Waals surface area contributed by atoms with Crippen molar-refractivity contribution in [2.24, 2.45) is 5.92 Å². The number of sulfonamides is 1. The van der Waals surface area contributed by atoms with Crippen LogP contribution in [-0.4, -0.2) is 35.2 Å². The summed E-state index contributed by atoms with van der Waals surface area (Å²) in [5, 5.41) is 3.05. The fourth-order valence-electron chi connectivity index (χ4n) is 2.21. The maximum absolute atomic E-state index is 12.3. The molecule has 0 unspecified atom stereocenters. The summed E-state index contributed by atoms with van der Waals surface area (Å²) in [6, 6.07) is 1.75.